The number of hydrogen-bond acceptors (Lipinski definition) is 4. The second kappa shape index (κ2) is 5.27. The molecule has 0 amide bonds. The molecule has 3 aromatic rings. The van der Waals surface area contributed by atoms with Gasteiger partial charge in [0.2, 0.25) is 0 Å². The minimum Gasteiger partial charge on any atom is -0.324 e. The first kappa shape index (κ1) is 14.3. The van der Waals surface area contributed by atoms with Crippen molar-refractivity contribution in [1.29, 1.82) is 0 Å². The Bertz CT molecular complexity index is 950. The zero-order valence-electron chi connectivity index (χ0n) is 12.5. The molecular weight excluding hydrogens is 282 g/mol. The Morgan fingerprint density at radius 3 is 2.41 bits per heavy atom. The fourth-order valence-corrected chi connectivity index (χ4v) is 2.58. The van der Waals surface area contributed by atoms with Crippen molar-refractivity contribution in [3.8, 4) is 0 Å². The van der Waals surface area contributed by atoms with Crippen molar-refractivity contribution in [3.05, 3.63) is 62.6 Å². The standard InChI is InChI=1S/C15H17N5O2/c1-18-13-12(14(21)19(2)15(18)22)20(11(8-16)17-13)9-10-6-4-3-5-7-10/h3-7H,8-9,16H2,1-2H3. The van der Waals surface area contributed by atoms with Crippen LogP contribution in [0.2, 0.25) is 0 Å². The molecule has 0 fully saturated rings. The maximum absolute atomic E-state index is 12.5. The van der Waals surface area contributed by atoms with Gasteiger partial charge in [0, 0.05) is 20.6 Å². The van der Waals surface area contributed by atoms with E-state index >= 15 is 0 Å². The van der Waals surface area contributed by atoms with E-state index in [9.17, 15) is 9.59 Å². The SMILES string of the molecule is Cn1c(=O)c2c(nc(CN)n2Cc2ccccc2)n(C)c1=O. The Balaban J connectivity index is 2.34. The average molecular weight is 299 g/mol. The summed E-state index contributed by atoms with van der Waals surface area (Å²) in [6.45, 7) is 0.677. The van der Waals surface area contributed by atoms with Gasteiger partial charge in [-0.25, -0.2) is 9.78 Å². The van der Waals surface area contributed by atoms with Crippen molar-refractivity contribution in [2.24, 2.45) is 19.8 Å². The number of fused-ring (bicyclic) bond motifs is 1. The molecule has 0 radical (unpaired) electrons. The van der Waals surface area contributed by atoms with E-state index in [1.165, 1.54) is 11.6 Å². The van der Waals surface area contributed by atoms with Crippen LogP contribution >= 0.6 is 0 Å². The molecule has 0 aliphatic carbocycles. The number of nitrogens with zero attached hydrogens (tertiary/aromatic N) is 4. The summed E-state index contributed by atoms with van der Waals surface area (Å²) >= 11 is 0. The summed E-state index contributed by atoms with van der Waals surface area (Å²) in [5.41, 5.74) is 6.80. The van der Waals surface area contributed by atoms with Gasteiger partial charge in [-0.3, -0.25) is 13.9 Å². The highest BCUT2D eigenvalue weighted by Gasteiger charge is 2.18. The zero-order chi connectivity index (χ0) is 15.9. The van der Waals surface area contributed by atoms with Crippen LogP contribution in [0.25, 0.3) is 11.2 Å². The van der Waals surface area contributed by atoms with Gasteiger partial charge >= 0.3 is 5.69 Å². The monoisotopic (exact) mass is 299 g/mol. The normalized spacial score (nSPS) is 11.2. The Kier molecular flexibility index (Phi) is 3.42. The van der Waals surface area contributed by atoms with Crippen molar-refractivity contribution < 1.29 is 0 Å². The van der Waals surface area contributed by atoms with Gasteiger partial charge in [0.25, 0.3) is 5.56 Å². The molecule has 0 atom stereocenters. The Hall–Kier alpha value is -2.67. The number of aryl methyl sites for hydroxylation is 1. The average Bonchev–Trinajstić information content (AvgIpc) is 2.90. The number of benzene rings is 1. The van der Waals surface area contributed by atoms with Crippen molar-refractivity contribution in [3.63, 3.8) is 0 Å². The van der Waals surface area contributed by atoms with Crippen LogP contribution in [0, 0.1) is 0 Å². The van der Waals surface area contributed by atoms with Crippen LogP contribution in [-0.2, 0) is 27.2 Å². The van der Waals surface area contributed by atoms with E-state index < -0.39 is 5.69 Å². The third-order valence-corrected chi connectivity index (χ3v) is 3.79. The lowest BCUT2D eigenvalue weighted by atomic mass is 10.2. The molecule has 7 heteroatoms. The van der Waals surface area contributed by atoms with Crippen molar-refractivity contribution in [1.82, 2.24) is 18.7 Å². The van der Waals surface area contributed by atoms with Crippen LogP contribution < -0.4 is 17.0 Å². The fraction of sp³-hybridized carbons (Fsp3) is 0.267. The first-order chi connectivity index (χ1) is 10.5. The van der Waals surface area contributed by atoms with E-state index in [-0.39, 0.29) is 12.1 Å². The van der Waals surface area contributed by atoms with Gasteiger partial charge in [-0.05, 0) is 5.56 Å². The summed E-state index contributed by atoms with van der Waals surface area (Å²) in [6, 6.07) is 9.74. The smallest absolute Gasteiger partial charge is 0.324 e. The second-order valence-corrected chi connectivity index (χ2v) is 5.18. The predicted octanol–water partition coefficient (Wildman–Crippen LogP) is -0.0593. The van der Waals surface area contributed by atoms with Gasteiger partial charge < -0.3 is 10.3 Å². The molecule has 0 spiro atoms. The highest BCUT2D eigenvalue weighted by atomic mass is 16.2. The van der Waals surface area contributed by atoms with Crippen molar-refractivity contribution in [2.75, 3.05) is 0 Å². The summed E-state index contributed by atoms with van der Waals surface area (Å²) in [4.78, 5) is 28.9. The van der Waals surface area contributed by atoms with Crippen LogP contribution in [0.5, 0.6) is 0 Å². The predicted molar refractivity (Wildman–Crippen MR) is 83.7 cm³/mol. The van der Waals surface area contributed by atoms with Gasteiger partial charge in [-0.15, -0.1) is 0 Å². The van der Waals surface area contributed by atoms with E-state index in [1.54, 1.807) is 11.6 Å². The molecule has 0 bridgehead atoms. The number of hydrogen-bond donors (Lipinski definition) is 1. The van der Waals surface area contributed by atoms with Gasteiger partial charge in [-0.1, -0.05) is 30.3 Å². The first-order valence-electron chi connectivity index (χ1n) is 6.93. The topological polar surface area (TPSA) is 87.8 Å². The summed E-state index contributed by atoms with van der Waals surface area (Å²) < 4.78 is 4.25. The largest absolute Gasteiger partial charge is 0.332 e. The van der Waals surface area contributed by atoms with Crippen LogP contribution in [0.15, 0.2) is 39.9 Å². The minimum atomic E-state index is -0.398. The molecular formula is C15H17N5O2. The van der Waals surface area contributed by atoms with Gasteiger partial charge in [0.15, 0.2) is 11.2 Å². The van der Waals surface area contributed by atoms with Crippen LogP contribution in [0.1, 0.15) is 11.4 Å². The molecule has 0 saturated heterocycles. The zero-order valence-corrected chi connectivity index (χ0v) is 12.5. The third kappa shape index (κ3) is 2.06. The lowest BCUT2D eigenvalue weighted by molar-refractivity contribution is 0.699. The number of imidazole rings is 1. The Morgan fingerprint density at radius 2 is 1.77 bits per heavy atom. The maximum atomic E-state index is 12.5. The van der Waals surface area contributed by atoms with Crippen molar-refractivity contribution in [2.45, 2.75) is 13.1 Å². The number of aromatic nitrogens is 4. The molecule has 114 valence electrons. The van der Waals surface area contributed by atoms with E-state index in [1.807, 2.05) is 30.3 Å². The molecule has 1 aromatic carbocycles. The quantitative estimate of drug-likeness (QED) is 0.734. The molecule has 0 aliphatic heterocycles. The van der Waals surface area contributed by atoms with Crippen LogP contribution in [-0.4, -0.2) is 18.7 Å². The summed E-state index contributed by atoms with van der Waals surface area (Å²) in [6.07, 6.45) is 0. The van der Waals surface area contributed by atoms with Gasteiger partial charge in [-0.2, -0.15) is 0 Å². The Morgan fingerprint density at radius 1 is 1.09 bits per heavy atom. The van der Waals surface area contributed by atoms with E-state index in [4.69, 9.17) is 5.73 Å². The molecule has 3 rings (SSSR count). The summed E-state index contributed by atoms with van der Waals surface area (Å²) in [5, 5.41) is 0. The lowest BCUT2D eigenvalue weighted by Gasteiger charge is -2.09. The summed E-state index contributed by atoms with van der Waals surface area (Å²) in [7, 11) is 3.07. The second-order valence-electron chi connectivity index (χ2n) is 5.18. The van der Waals surface area contributed by atoms with E-state index in [0.29, 0.717) is 23.5 Å². The minimum absolute atomic E-state index is 0.193. The van der Waals surface area contributed by atoms with E-state index in [2.05, 4.69) is 4.98 Å². The lowest BCUT2D eigenvalue weighted by Crippen LogP contribution is -2.37. The van der Waals surface area contributed by atoms with Crippen LogP contribution in [0.3, 0.4) is 0 Å². The maximum Gasteiger partial charge on any atom is 0.332 e. The molecule has 0 saturated carbocycles. The molecule has 2 heterocycles. The van der Waals surface area contributed by atoms with E-state index in [0.717, 1.165) is 10.1 Å². The third-order valence-electron chi connectivity index (χ3n) is 3.79. The molecule has 7 nitrogen and oxygen atoms in total. The molecule has 2 N–H and O–H groups in total. The van der Waals surface area contributed by atoms with Crippen LogP contribution in [0.4, 0.5) is 0 Å². The van der Waals surface area contributed by atoms with Gasteiger partial charge in [0.1, 0.15) is 5.82 Å². The van der Waals surface area contributed by atoms with Gasteiger partial charge in [0.05, 0.1) is 6.54 Å². The fourth-order valence-electron chi connectivity index (χ4n) is 2.58. The summed E-state index contributed by atoms with van der Waals surface area (Å²) in [5.74, 6) is 0.581. The molecule has 0 aliphatic rings. The Labute approximate surface area is 126 Å². The number of nitrogens with two attached hydrogens (primary N) is 1. The highest BCUT2D eigenvalue weighted by molar-refractivity contribution is 5.71. The van der Waals surface area contributed by atoms with Crippen molar-refractivity contribution >= 4 is 11.2 Å². The molecule has 2 aromatic heterocycles. The first-order valence-corrected chi connectivity index (χ1v) is 6.93. The molecule has 22 heavy (non-hydrogen) atoms. The highest BCUT2D eigenvalue weighted by Crippen LogP contribution is 2.13. The molecule has 0 unspecified atom stereocenters. The number of rotatable bonds is 3.